The summed E-state index contributed by atoms with van der Waals surface area (Å²) in [6.07, 6.45) is -0.115. The number of para-hydroxylation sites is 2. The van der Waals surface area contributed by atoms with Crippen molar-refractivity contribution in [2.45, 2.75) is 25.3 Å². The Morgan fingerprint density at radius 2 is 1.93 bits per heavy atom. The summed E-state index contributed by atoms with van der Waals surface area (Å²) < 4.78 is 0. The lowest BCUT2D eigenvalue weighted by atomic mass is 10.1. The van der Waals surface area contributed by atoms with E-state index in [1.807, 2.05) is 0 Å². The molecule has 27 heavy (non-hydrogen) atoms. The predicted octanol–water partition coefficient (Wildman–Crippen LogP) is 1.17. The van der Waals surface area contributed by atoms with Crippen LogP contribution in [0.25, 0.3) is 0 Å². The predicted molar refractivity (Wildman–Crippen MR) is 102 cm³/mol. The van der Waals surface area contributed by atoms with E-state index in [0.717, 1.165) is 5.75 Å². The number of carbonyl (C=O) groups is 4. The van der Waals surface area contributed by atoms with Gasteiger partial charge < -0.3 is 20.2 Å². The van der Waals surface area contributed by atoms with Crippen molar-refractivity contribution in [1.29, 1.82) is 0 Å². The molecule has 2 aliphatic heterocycles. The minimum Gasteiger partial charge on any atom is -0.481 e. The van der Waals surface area contributed by atoms with E-state index in [4.69, 9.17) is 5.11 Å². The van der Waals surface area contributed by atoms with Crippen LogP contribution in [0.15, 0.2) is 24.3 Å². The SMILES string of the molecule is O=C(O)CC1CSCCN1C(=O)CCC(=O)N1CC(=O)Nc2ccccc21. The minimum absolute atomic E-state index is 0.0000942. The first-order valence-corrected chi connectivity index (χ1v) is 9.89. The molecule has 3 rings (SSSR count). The number of carboxylic acids is 1. The number of hydrogen-bond donors (Lipinski definition) is 2. The van der Waals surface area contributed by atoms with Crippen molar-refractivity contribution in [3.63, 3.8) is 0 Å². The molecule has 2 N–H and O–H groups in total. The van der Waals surface area contributed by atoms with Gasteiger partial charge in [-0.25, -0.2) is 0 Å². The number of nitrogens with zero attached hydrogens (tertiary/aromatic N) is 2. The summed E-state index contributed by atoms with van der Waals surface area (Å²) >= 11 is 1.63. The van der Waals surface area contributed by atoms with Crippen LogP contribution in [0.2, 0.25) is 0 Å². The van der Waals surface area contributed by atoms with Gasteiger partial charge >= 0.3 is 5.97 Å². The zero-order valence-electron chi connectivity index (χ0n) is 14.7. The van der Waals surface area contributed by atoms with Gasteiger partial charge in [0.05, 0.1) is 23.8 Å². The maximum atomic E-state index is 12.6. The third kappa shape index (κ3) is 4.60. The smallest absolute Gasteiger partial charge is 0.305 e. The second kappa shape index (κ2) is 8.43. The van der Waals surface area contributed by atoms with Crippen molar-refractivity contribution in [3.05, 3.63) is 24.3 Å². The number of anilines is 2. The first-order chi connectivity index (χ1) is 13.0. The summed E-state index contributed by atoms with van der Waals surface area (Å²) in [4.78, 5) is 51.0. The van der Waals surface area contributed by atoms with E-state index in [-0.39, 0.29) is 49.6 Å². The van der Waals surface area contributed by atoms with Crippen LogP contribution in [-0.2, 0) is 19.2 Å². The van der Waals surface area contributed by atoms with Crippen LogP contribution < -0.4 is 10.2 Å². The third-order valence-electron chi connectivity index (χ3n) is 4.58. The Kier molecular flexibility index (Phi) is 6.00. The van der Waals surface area contributed by atoms with E-state index in [9.17, 15) is 19.2 Å². The highest BCUT2D eigenvalue weighted by molar-refractivity contribution is 7.99. The highest BCUT2D eigenvalue weighted by Crippen LogP contribution is 2.29. The first kappa shape index (κ1) is 19.2. The molecule has 2 heterocycles. The third-order valence-corrected chi connectivity index (χ3v) is 5.67. The van der Waals surface area contributed by atoms with Crippen LogP contribution in [0.5, 0.6) is 0 Å². The molecule has 1 saturated heterocycles. The number of amides is 3. The fourth-order valence-electron chi connectivity index (χ4n) is 3.30. The number of aliphatic carboxylic acids is 1. The lowest BCUT2D eigenvalue weighted by molar-refractivity contribution is -0.141. The molecule has 8 nitrogen and oxygen atoms in total. The van der Waals surface area contributed by atoms with Crippen molar-refractivity contribution >= 4 is 46.8 Å². The van der Waals surface area contributed by atoms with Crippen LogP contribution in [0.1, 0.15) is 19.3 Å². The van der Waals surface area contributed by atoms with E-state index in [1.165, 1.54) is 4.90 Å². The second-order valence-electron chi connectivity index (χ2n) is 6.46. The number of nitrogens with one attached hydrogen (secondary N) is 1. The zero-order chi connectivity index (χ0) is 19.4. The van der Waals surface area contributed by atoms with Gasteiger partial charge in [0.15, 0.2) is 0 Å². The zero-order valence-corrected chi connectivity index (χ0v) is 15.5. The van der Waals surface area contributed by atoms with E-state index in [2.05, 4.69) is 5.32 Å². The molecule has 0 saturated carbocycles. The summed E-state index contributed by atoms with van der Waals surface area (Å²) in [5.41, 5.74) is 1.19. The van der Waals surface area contributed by atoms with Crippen molar-refractivity contribution in [2.24, 2.45) is 0 Å². The first-order valence-electron chi connectivity index (χ1n) is 8.74. The van der Waals surface area contributed by atoms with Crippen LogP contribution >= 0.6 is 11.8 Å². The van der Waals surface area contributed by atoms with Crippen molar-refractivity contribution in [3.8, 4) is 0 Å². The number of benzene rings is 1. The van der Waals surface area contributed by atoms with E-state index in [0.29, 0.717) is 23.7 Å². The molecule has 1 aromatic rings. The maximum Gasteiger partial charge on any atom is 0.305 e. The largest absolute Gasteiger partial charge is 0.481 e. The van der Waals surface area contributed by atoms with Gasteiger partial charge in [-0.3, -0.25) is 19.2 Å². The van der Waals surface area contributed by atoms with Gasteiger partial charge in [0, 0.05) is 30.9 Å². The lowest BCUT2D eigenvalue weighted by Gasteiger charge is -2.35. The van der Waals surface area contributed by atoms with Crippen molar-refractivity contribution in [2.75, 3.05) is 34.8 Å². The highest BCUT2D eigenvalue weighted by Gasteiger charge is 2.30. The molecule has 0 spiro atoms. The number of rotatable bonds is 5. The topological polar surface area (TPSA) is 107 Å². The molecule has 1 fully saturated rings. The summed E-state index contributed by atoms with van der Waals surface area (Å²) in [7, 11) is 0. The van der Waals surface area contributed by atoms with Crippen LogP contribution in [-0.4, -0.2) is 64.3 Å². The number of thioether (sulfide) groups is 1. The summed E-state index contributed by atoms with van der Waals surface area (Å²) in [5.74, 6) is -0.382. The molecule has 0 bridgehead atoms. The molecular weight excluding hydrogens is 370 g/mol. The number of carboxylic acid groups (broad SMARTS) is 1. The Labute approximate surface area is 160 Å². The molecule has 3 amide bonds. The summed E-state index contributed by atoms with van der Waals surface area (Å²) in [6.45, 7) is 0.413. The van der Waals surface area contributed by atoms with Crippen LogP contribution in [0, 0.1) is 0 Å². The summed E-state index contributed by atoms with van der Waals surface area (Å²) in [5, 5.41) is 11.7. The molecule has 0 radical (unpaired) electrons. The fraction of sp³-hybridized carbons (Fsp3) is 0.444. The Morgan fingerprint density at radius 3 is 2.70 bits per heavy atom. The van der Waals surface area contributed by atoms with E-state index in [1.54, 1.807) is 40.9 Å². The molecule has 9 heteroatoms. The minimum atomic E-state index is -0.938. The van der Waals surface area contributed by atoms with Gasteiger partial charge in [-0.1, -0.05) is 12.1 Å². The standard InChI is InChI=1S/C18H21N3O5S/c22-15-10-21(14-4-2-1-3-13(14)19-15)17(24)6-5-16(23)20-7-8-27-11-12(20)9-18(25)26/h1-4,12H,5-11H2,(H,19,22)(H,25,26). The van der Waals surface area contributed by atoms with Crippen LogP contribution in [0.3, 0.4) is 0 Å². The Morgan fingerprint density at radius 1 is 1.19 bits per heavy atom. The van der Waals surface area contributed by atoms with Gasteiger partial charge in [0.25, 0.3) is 0 Å². The van der Waals surface area contributed by atoms with Gasteiger partial charge in [-0.05, 0) is 12.1 Å². The molecule has 1 atom stereocenters. The summed E-state index contributed by atoms with van der Waals surface area (Å²) in [6, 6.07) is 6.68. The Balaban J connectivity index is 1.62. The van der Waals surface area contributed by atoms with Crippen molar-refractivity contribution in [1.82, 2.24) is 4.90 Å². The molecular formula is C18H21N3O5S. The second-order valence-corrected chi connectivity index (χ2v) is 7.61. The number of hydrogen-bond acceptors (Lipinski definition) is 5. The quantitative estimate of drug-likeness (QED) is 0.780. The van der Waals surface area contributed by atoms with E-state index >= 15 is 0 Å². The molecule has 0 aromatic heterocycles. The van der Waals surface area contributed by atoms with Gasteiger partial charge in [0.1, 0.15) is 6.54 Å². The van der Waals surface area contributed by atoms with Crippen molar-refractivity contribution < 1.29 is 24.3 Å². The Hall–Kier alpha value is -2.55. The van der Waals surface area contributed by atoms with Gasteiger partial charge in [-0.15, -0.1) is 0 Å². The molecule has 144 valence electrons. The monoisotopic (exact) mass is 391 g/mol. The normalized spacial score (nSPS) is 19.3. The molecule has 2 aliphatic rings. The maximum absolute atomic E-state index is 12.6. The molecule has 0 aliphatic carbocycles. The average molecular weight is 391 g/mol. The highest BCUT2D eigenvalue weighted by atomic mass is 32.2. The average Bonchev–Trinajstić information content (AvgIpc) is 2.65. The molecule has 1 aromatic carbocycles. The van der Waals surface area contributed by atoms with Gasteiger partial charge in [0.2, 0.25) is 17.7 Å². The fourth-order valence-corrected chi connectivity index (χ4v) is 4.36. The van der Waals surface area contributed by atoms with Gasteiger partial charge in [-0.2, -0.15) is 11.8 Å². The molecule has 1 unspecified atom stereocenters. The van der Waals surface area contributed by atoms with Crippen LogP contribution in [0.4, 0.5) is 11.4 Å². The number of fused-ring (bicyclic) bond motifs is 1. The lowest BCUT2D eigenvalue weighted by Crippen LogP contribution is -2.47. The Bertz CT molecular complexity index is 769. The number of carbonyl (C=O) groups excluding carboxylic acids is 3. The van der Waals surface area contributed by atoms with E-state index < -0.39 is 5.97 Å².